The molecular weight excluding hydrogens is 743 g/mol. The number of fused-ring (bicyclic) bond motifs is 12. The standard InChI is InChI=1S/C58H35NO2/c1-2-15-40-35-55-51(34-39(40)14-1)49-22-10-21-48(58(49)61-55)47-18-7-8-23-52(47)59(53-24-11-25-54-56(53)50-33-29-37-13-4-6-17-44(37)57(50)60-54)41-30-26-38(27-31-41)43-19-9-20-45-42-16-5-3-12-36(42)28-32-46(43)45/h1-35H. The molecule has 0 saturated carbocycles. The van der Waals surface area contributed by atoms with E-state index < -0.39 is 0 Å². The second-order valence-corrected chi connectivity index (χ2v) is 16.0. The molecule has 0 fully saturated rings. The van der Waals surface area contributed by atoms with Crippen LogP contribution in [0, 0.1) is 0 Å². The lowest BCUT2D eigenvalue weighted by Gasteiger charge is -2.28. The highest BCUT2D eigenvalue weighted by Gasteiger charge is 2.24. The largest absolute Gasteiger partial charge is 0.455 e. The van der Waals surface area contributed by atoms with E-state index in [1.54, 1.807) is 0 Å². The van der Waals surface area contributed by atoms with Crippen LogP contribution in [0.5, 0.6) is 0 Å². The lowest BCUT2D eigenvalue weighted by molar-refractivity contribution is 0.670. The molecule has 0 spiro atoms. The molecule has 2 aromatic heterocycles. The van der Waals surface area contributed by atoms with Crippen molar-refractivity contribution in [3.63, 3.8) is 0 Å². The second kappa shape index (κ2) is 13.2. The van der Waals surface area contributed by atoms with Crippen LogP contribution < -0.4 is 4.90 Å². The molecule has 0 radical (unpaired) electrons. The van der Waals surface area contributed by atoms with E-state index in [2.05, 4.69) is 217 Å². The smallest absolute Gasteiger partial charge is 0.143 e. The Morgan fingerprint density at radius 1 is 0.295 bits per heavy atom. The molecule has 0 atom stereocenters. The summed E-state index contributed by atoms with van der Waals surface area (Å²) in [4.78, 5) is 2.40. The summed E-state index contributed by atoms with van der Waals surface area (Å²) in [5.74, 6) is 0. The number of anilines is 3. The summed E-state index contributed by atoms with van der Waals surface area (Å²) in [5.41, 5.74) is 11.1. The molecule has 3 heteroatoms. The molecule has 2 heterocycles. The lowest BCUT2D eigenvalue weighted by atomic mass is 9.94. The number of hydrogen-bond acceptors (Lipinski definition) is 3. The van der Waals surface area contributed by atoms with Gasteiger partial charge in [0.2, 0.25) is 0 Å². The number of benzene rings is 11. The van der Waals surface area contributed by atoms with Gasteiger partial charge in [0, 0.05) is 38.4 Å². The van der Waals surface area contributed by atoms with Crippen molar-refractivity contribution in [2.45, 2.75) is 0 Å². The van der Waals surface area contributed by atoms with E-state index in [1.165, 1.54) is 32.5 Å². The van der Waals surface area contributed by atoms with Crippen molar-refractivity contribution in [3.05, 3.63) is 212 Å². The molecule has 0 N–H and O–H groups in total. The predicted octanol–water partition coefficient (Wildman–Crippen LogP) is 16.9. The molecule has 11 aromatic carbocycles. The highest BCUT2D eigenvalue weighted by atomic mass is 16.3. The van der Waals surface area contributed by atoms with E-state index in [9.17, 15) is 0 Å². The maximum Gasteiger partial charge on any atom is 0.143 e. The van der Waals surface area contributed by atoms with Crippen LogP contribution in [0.25, 0.3) is 109 Å². The Labute approximate surface area is 350 Å². The molecule has 13 aromatic rings. The van der Waals surface area contributed by atoms with E-state index in [-0.39, 0.29) is 0 Å². The summed E-state index contributed by atoms with van der Waals surface area (Å²) >= 11 is 0. The maximum absolute atomic E-state index is 6.84. The van der Waals surface area contributed by atoms with Crippen molar-refractivity contribution in [2.75, 3.05) is 4.90 Å². The van der Waals surface area contributed by atoms with Crippen LogP contribution in [0.1, 0.15) is 0 Å². The molecule has 3 nitrogen and oxygen atoms in total. The van der Waals surface area contributed by atoms with Gasteiger partial charge in [0.25, 0.3) is 0 Å². The van der Waals surface area contributed by atoms with Gasteiger partial charge in [0.05, 0.1) is 16.8 Å². The van der Waals surface area contributed by atoms with E-state index in [4.69, 9.17) is 8.83 Å². The highest BCUT2D eigenvalue weighted by molar-refractivity contribution is 6.20. The first-order chi connectivity index (χ1) is 30.2. The Morgan fingerprint density at radius 2 is 0.885 bits per heavy atom. The van der Waals surface area contributed by atoms with Crippen molar-refractivity contribution in [1.29, 1.82) is 0 Å². The first-order valence-corrected chi connectivity index (χ1v) is 20.8. The van der Waals surface area contributed by atoms with Crippen molar-refractivity contribution in [1.82, 2.24) is 0 Å². The normalized spacial score (nSPS) is 11.9. The van der Waals surface area contributed by atoms with Gasteiger partial charge in [-0.1, -0.05) is 164 Å². The minimum Gasteiger partial charge on any atom is -0.455 e. The third kappa shape index (κ3) is 5.17. The Kier molecular flexibility index (Phi) is 7.31. The summed E-state index contributed by atoms with van der Waals surface area (Å²) in [7, 11) is 0. The van der Waals surface area contributed by atoms with Crippen LogP contribution in [0.3, 0.4) is 0 Å². The Bertz CT molecular complexity index is 3890. The number of rotatable bonds is 5. The molecule has 0 saturated heterocycles. The van der Waals surface area contributed by atoms with Crippen molar-refractivity contribution < 1.29 is 8.83 Å². The Balaban J connectivity index is 1.05. The zero-order valence-corrected chi connectivity index (χ0v) is 33.0. The zero-order chi connectivity index (χ0) is 40.0. The van der Waals surface area contributed by atoms with Crippen LogP contribution in [0.4, 0.5) is 17.1 Å². The van der Waals surface area contributed by atoms with Crippen molar-refractivity contribution in [3.8, 4) is 22.3 Å². The maximum atomic E-state index is 6.84. The average molecular weight is 778 g/mol. The van der Waals surface area contributed by atoms with Gasteiger partial charge < -0.3 is 13.7 Å². The van der Waals surface area contributed by atoms with Crippen LogP contribution in [0.2, 0.25) is 0 Å². The minimum absolute atomic E-state index is 0.845. The monoisotopic (exact) mass is 777 g/mol. The Morgan fingerprint density at radius 3 is 1.72 bits per heavy atom. The summed E-state index contributed by atoms with van der Waals surface area (Å²) in [6, 6.07) is 76.3. The fourth-order valence-corrected chi connectivity index (χ4v) is 9.80. The van der Waals surface area contributed by atoms with Gasteiger partial charge in [-0.25, -0.2) is 0 Å². The van der Waals surface area contributed by atoms with Crippen molar-refractivity contribution in [2.24, 2.45) is 0 Å². The van der Waals surface area contributed by atoms with Gasteiger partial charge in [-0.3, -0.25) is 0 Å². The summed E-state index contributed by atoms with van der Waals surface area (Å²) < 4.78 is 13.6. The summed E-state index contributed by atoms with van der Waals surface area (Å²) in [6.45, 7) is 0. The van der Waals surface area contributed by atoms with Gasteiger partial charge >= 0.3 is 0 Å². The minimum atomic E-state index is 0.845. The molecule has 61 heavy (non-hydrogen) atoms. The van der Waals surface area contributed by atoms with Crippen LogP contribution in [-0.2, 0) is 0 Å². The lowest BCUT2D eigenvalue weighted by Crippen LogP contribution is -2.11. The SMILES string of the molecule is c1ccc(N(c2ccc(-c3cccc4c3ccc3ccccc34)cc2)c2cccc3oc4c5ccccc5ccc4c23)c(-c2cccc3c2oc2cc4ccccc4cc23)c1. The molecule has 0 unspecified atom stereocenters. The molecule has 0 aliphatic heterocycles. The molecule has 0 aliphatic carbocycles. The topological polar surface area (TPSA) is 29.5 Å². The number of furan rings is 2. The fourth-order valence-electron chi connectivity index (χ4n) is 9.80. The number of nitrogens with zero attached hydrogens (tertiary/aromatic N) is 1. The second-order valence-electron chi connectivity index (χ2n) is 16.0. The third-order valence-electron chi connectivity index (χ3n) is 12.6. The van der Waals surface area contributed by atoms with E-state index in [1.807, 2.05) is 0 Å². The average Bonchev–Trinajstić information content (AvgIpc) is 3.90. The molecule has 0 amide bonds. The van der Waals surface area contributed by atoms with Gasteiger partial charge in [-0.2, -0.15) is 0 Å². The summed E-state index contributed by atoms with van der Waals surface area (Å²) in [5, 5.41) is 14.0. The molecular formula is C58H35NO2. The first-order valence-electron chi connectivity index (χ1n) is 20.8. The van der Waals surface area contributed by atoms with E-state index in [0.29, 0.717) is 0 Å². The molecule has 284 valence electrons. The number of hydrogen-bond donors (Lipinski definition) is 0. The Hall–Kier alpha value is -8.14. The first kappa shape index (κ1) is 33.8. The van der Waals surface area contributed by atoms with Gasteiger partial charge in [-0.15, -0.1) is 0 Å². The van der Waals surface area contributed by atoms with Crippen LogP contribution >= 0.6 is 0 Å². The summed E-state index contributed by atoms with van der Waals surface area (Å²) in [6.07, 6.45) is 0. The fraction of sp³-hybridized carbons (Fsp3) is 0. The van der Waals surface area contributed by atoms with Gasteiger partial charge in [-0.05, 0) is 97.4 Å². The van der Waals surface area contributed by atoms with E-state index in [0.717, 1.165) is 93.8 Å². The van der Waals surface area contributed by atoms with Crippen molar-refractivity contribution >= 4 is 104 Å². The van der Waals surface area contributed by atoms with Gasteiger partial charge in [0.1, 0.15) is 22.3 Å². The van der Waals surface area contributed by atoms with Crippen LogP contribution in [-0.4, -0.2) is 0 Å². The highest BCUT2D eigenvalue weighted by Crippen LogP contribution is 2.49. The van der Waals surface area contributed by atoms with Crippen LogP contribution in [0.15, 0.2) is 221 Å². The predicted molar refractivity (Wildman–Crippen MR) is 257 cm³/mol. The van der Waals surface area contributed by atoms with Gasteiger partial charge in [0.15, 0.2) is 0 Å². The molecule has 13 rings (SSSR count). The molecule has 0 bridgehead atoms. The molecule has 0 aliphatic rings. The zero-order valence-electron chi connectivity index (χ0n) is 33.0. The number of para-hydroxylation sites is 2. The quantitative estimate of drug-likeness (QED) is 0.163. The van der Waals surface area contributed by atoms with E-state index >= 15 is 0 Å². The third-order valence-corrected chi connectivity index (χ3v) is 12.6.